The molecule has 0 aliphatic carbocycles. The molecule has 3 rings (SSSR count). The van der Waals surface area contributed by atoms with E-state index in [1.807, 2.05) is 6.07 Å². The molecule has 1 saturated heterocycles. The summed E-state index contributed by atoms with van der Waals surface area (Å²) >= 11 is 0. The van der Waals surface area contributed by atoms with Crippen LogP contribution in [0, 0.1) is 25.2 Å². The molecule has 1 N–H and O–H groups in total. The van der Waals surface area contributed by atoms with Crippen molar-refractivity contribution in [2.75, 3.05) is 18.0 Å². The van der Waals surface area contributed by atoms with Crippen LogP contribution < -0.4 is 4.90 Å². The molecule has 1 aliphatic heterocycles. The standard InChI is InChI=1S/C17H19N3O/c1-11-7-12(2)16-13(8-11)9-14(10-18)17(19-16)20-5-3-15(21)4-6-20/h7-9,15,21H,3-6H2,1-2H3. The highest BCUT2D eigenvalue weighted by Gasteiger charge is 2.21. The molecule has 1 aromatic carbocycles. The minimum Gasteiger partial charge on any atom is -0.393 e. The van der Waals surface area contributed by atoms with Gasteiger partial charge in [-0.2, -0.15) is 5.26 Å². The van der Waals surface area contributed by atoms with Crippen LogP contribution in [0.15, 0.2) is 18.2 Å². The number of aliphatic hydroxyl groups excluding tert-OH is 1. The topological polar surface area (TPSA) is 60.1 Å². The number of piperidine rings is 1. The number of fused-ring (bicyclic) bond motifs is 1. The van der Waals surface area contributed by atoms with E-state index >= 15 is 0 Å². The van der Waals surface area contributed by atoms with E-state index in [0.717, 1.165) is 48.2 Å². The monoisotopic (exact) mass is 281 g/mol. The Morgan fingerprint density at radius 2 is 1.95 bits per heavy atom. The summed E-state index contributed by atoms with van der Waals surface area (Å²) in [6.45, 7) is 5.61. The maximum Gasteiger partial charge on any atom is 0.147 e. The third-order valence-electron chi connectivity index (χ3n) is 4.12. The van der Waals surface area contributed by atoms with Crippen molar-refractivity contribution in [2.24, 2.45) is 0 Å². The van der Waals surface area contributed by atoms with Crippen molar-refractivity contribution in [1.82, 2.24) is 4.98 Å². The highest BCUT2D eigenvalue weighted by molar-refractivity contribution is 5.86. The molecule has 2 aromatic rings. The fourth-order valence-electron chi connectivity index (χ4n) is 3.04. The van der Waals surface area contributed by atoms with Crippen molar-refractivity contribution in [3.05, 3.63) is 34.9 Å². The second-order valence-electron chi connectivity index (χ2n) is 5.84. The largest absolute Gasteiger partial charge is 0.393 e. The Labute approximate surface area is 124 Å². The van der Waals surface area contributed by atoms with Crippen molar-refractivity contribution in [1.29, 1.82) is 5.26 Å². The number of anilines is 1. The fraction of sp³-hybridized carbons (Fsp3) is 0.412. The molecule has 108 valence electrons. The first-order chi connectivity index (χ1) is 10.1. The van der Waals surface area contributed by atoms with E-state index in [4.69, 9.17) is 4.98 Å². The zero-order valence-corrected chi connectivity index (χ0v) is 12.4. The average molecular weight is 281 g/mol. The van der Waals surface area contributed by atoms with E-state index in [9.17, 15) is 10.4 Å². The molecule has 0 bridgehead atoms. The van der Waals surface area contributed by atoms with Gasteiger partial charge in [-0.05, 0) is 44.4 Å². The van der Waals surface area contributed by atoms with Crippen LogP contribution in [0.3, 0.4) is 0 Å². The van der Waals surface area contributed by atoms with Crippen LogP contribution in [0.1, 0.15) is 29.5 Å². The summed E-state index contributed by atoms with van der Waals surface area (Å²) in [5, 5.41) is 20.1. The van der Waals surface area contributed by atoms with Gasteiger partial charge in [-0.3, -0.25) is 0 Å². The Morgan fingerprint density at radius 1 is 1.24 bits per heavy atom. The van der Waals surface area contributed by atoms with E-state index in [2.05, 4.69) is 36.9 Å². The molecule has 1 aromatic heterocycles. The Bertz CT molecular complexity index is 725. The number of hydrogen-bond acceptors (Lipinski definition) is 4. The smallest absolute Gasteiger partial charge is 0.147 e. The number of aryl methyl sites for hydroxylation is 2. The molecule has 1 fully saturated rings. The van der Waals surface area contributed by atoms with Gasteiger partial charge in [0.25, 0.3) is 0 Å². The molecule has 2 heterocycles. The van der Waals surface area contributed by atoms with Crippen molar-refractivity contribution < 1.29 is 5.11 Å². The predicted octanol–water partition coefficient (Wildman–Crippen LogP) is 2.68. The van der Waals surface area contributed by atoms with Gasteiger partial charge < -0.3 is 10.0 Å². The fourth-order valence-corrected chi connectivity index (χ4v) is 3.04. The molecule has 21 heavy (non-hydrogen) atoms. The highest BCUT2D eigenvalue weighted by Crippen LogP contribution is 2.28. The summed E-state index contributed by atoms with van der Waals surface area (Å²) in [4.78, 5) is 6.87. The molecule has 0 atom stereocenters. The summed E-state index contributed by atoms with van der Waals surface area (Å²) in [7, 11) is 0. The lowest BCUT2D eigenvalue weighted by Crippen LogP contribution is -2.36. The number of benzene rings is 1. The molecule has 0 spiro atoms. The molecule has 4 heteroatoms. The first-order valence-electron chi connectivity index (χ1n) is 7.33. The summed E-state index contributed by atoms with van der Waals surface area (Å²) in [5.41, 5.74) is 3.89. The predicted molar refractivity (Wildman–Crippen MR) is 83.4 cm³/mol. The van der Waals surface area contributed by atoms with E-state index in [1.165, 1.54) is 5.56 Å². The van der Waals surface area contributed by atoms with Gasteiger partial charge in [-0.15, -0.1) is 0 Å². The maximum atomic E-state index is 9.63. The van der Waals surface area contributed by atoms with Crippen molar-refractivity contribution in [3.63, 3.8) is 0 Å². The van der Waals surface area contributed by atoms with Gasteiger partial charge in [-0.1, -0.05) is 11.6 Å². The van der Waals surface area contributed by atoms with Gasteiger partial charge in [0, 0.05) is 18.5 Å². The van der Waals surface area contributed by atoms with Gasteiger partial charge >= 0.3 is 0 Å². The van der Waals surface area contributed by atoms with Crippen LogP contribution in [0.5, 0.6) is 0 Å². The van der Waals surface area contributed by atoms with E-state index in [-0.39, 0.29) is 6.10 Å². The number of pyridine rings is 1. The first-order valence-corrected chi connectivity index (χ1v) is 7.33. The van der Waals surface area contributed by atoms with Crippen molar-refractivity contribution in [2.45, 2.75) is 32.8 Å². The molecule has 1 aliphatic rings. The molecule has 0 radical (unpaired) electrons. The quantitative estimate of drug-likeness (QED) is 0.873. The SMILES string of the molecule is Cc1cc(C)c2nc(N3CCC(O)CC3)c(C#N)cc2c1. The number of hydrogen-bond donors (Lipinski definition) is 1. The highest BCUT2D eigenvalue weighted by atomic mass is 16.3. The van der Waals surface area contributed by atoms with Gasteiger partial charge in [0.05, 0.1) is 17.2 Å². The van der Waals surface area contributed by atoms with Gasteiger partial charge in [0.1, 0.15) is 11.9 Å². The third kappa shape index (κ3) is 2.57. The molecule has 4 nitrogen and oxygen atoms in total. The van der Waals surface area contributed by atoms with E-state index in [0.29, 0.717) is 5.56 Å². The van der Waals surface area contributed by atoms with Crippen LogP contribution in [0.2, 0.25) is 0 Å². The second kappa shape index (κ2) is 5.34. The summed E-state index contributed by atoms with van der Waals surface area (Å²) < 4.78 is 0. The van der Waals surface area contributed by atoms with Crippen LogP contribution in [-0.4, -0.2) is 29.3 Å². The van der Waals surface area contributed by atoms with Gasteiger partial charge in [-0.25, -0.2) is 4.98 Å². The van der Waals surface area contributed by atoms with E-state index < -0.39 is 0 Å². The normalized spacial score (nSPS) is 16.2. The lowest BCUT2D eigenvalue weighted by molar-refractivity contribution is 0.145. The minimum atomic E-state index is -0.225. The van der Waals surface area contributed by atoms with Crippen LogP contribution in [0.4, 0.5) is 5.82 Å². The Balaban J connectivity index is 2.11. The molecular formula is C17H19N3O. The number of nitriles is 1. The zero-order valence-electron chi connectivity index (χ0n) is 12.4. The minimum absolute atomic E-state index is 0.225. The maximum absolute atomic E-state index is 9.63. The number of aliphatic hydroxyl groups is 1. The average Bonchev–Trinajstić information content (AvgIpc) is 2.47. The Morgan fingerprint density at radius 3 is 2.62 bits per heavy atom. The third-order valence-corrected chi connectivity index (χ3v) is 4.12. The van der Waals surface area contributed by atoms with E-state index in [1.54, 1.807) is 0 Å². The second-order valence-corrected chi connectivity index (χ2v) is 5.84. The Kier molecular flexibility index (Phi) is 3.52. The lowest BCUT2D eigenvalue weighted by Gasteiger charge is -2.31. The Hall–Kier alpha value is -2.12. The zero-order chi connectivity index (χ0) is 15.0. The first kappa shape index (κ1) is 13.8. The molecular weight excluding hydrogens is 262 g/mol. The summed E-state index contributed by atoms with van der Waals surface area (Å²) in [5.74, 6) is 0.754. The number of nitrogens with zero attached hydrogens (tertiary/aromatic N) is 3. The number of rotatable bonds is 1. The molecule has 0 saturated carbocycles. The van der Waals surface area contributed by atoms with Crippen LogP contribution >= 0.6 is 0 Å². The van der Waals surface area contributed by atoms with Crippen molar-refractivity contribution >= 4 is 16.7 Å². The number of aromatic nitrogens is 1. The van der Waals surface area contributed by atoms with Gasteiger partial charge in [0.15, 0.2) is 0 Å². The van der Waals surface area contributed by atoms with Crippen LogP contribution in [-0.2, 0) is 0 Å². The lowest BCUT2D eigenvalue weighted by atomic mass is 10.0. The van der Waals surface area contributed by atoms with Crippen LogP contribution in [0.25, 0.3) is 10.9 Å². The van der Waals surface area contributed by atoms with Crippen molar-refractivity contribution in [3.8, 4) is 6.07 Å². The van der Waals surface area contributed by atoms with Gasteiger partial charge in [0.2, 0.25) is 0 Å². The summed E-state index contributed by atoms with van der Waals surface area (Å²) in [6.07, 6.45) is 1.24. The molecule has 0 unspecified atom stereocenters. The summed E-state index contributed by atoms with van der Waals surface area (Å²) in [6, 6.07) is 8.39. The molecule has 0 amide bonds.